The predicted octanol–water partition coefficient (Wildman–Crippen LogP) is 0.211. The van der Waals surface area contributed by atoms with E-state index in [0.29, 0.717) is 0 Å². The first-order valence-electron chi connectivity index (χ1n) is 2.74. The Morgan fingerprint density at radius 1 is 1.43 bits per heavy atom. The Hall–Kier alpha value is -0.330. The summed E-state index contributed by atoms with van der Waals surface area (Å²) in [5.74, 6) is 0. The molecule has 0 aromatic carbocycles. The lowest BCUT2D eigenvalue weighted by atomic mass is 10.2. The van der Waals surface area contributed by atoms with Crippen LogP contribution in [0.4, 0.5) is 0 Å². The summed E-state index contributed by atoms with van der Waals surface area (Å²) in [6.45, 7) is 3.70. The van der Waals surface area contributed by atoms with Crippen molar-refractivity contribution in [2.45, 2.75) is 25.7 Å². The minimum atomic E-state index is 1.04. The summed E-state index contributed by atoms with van der Waals surface area (Å²) < 4.78 is 0. The van der Waals surface area contributed by atoms with Gasteiger partial charge in [0.2, 0.25) is 0 Å². The maximum Gasteiger partial charge on any atom is 0.136 e. The van der Waals surface area contributed by atoms with E-state index in [-0.39, 0.29) is 0 Å². The van der Waals surface area contributed by atoms with Gasteiger partial charge in [0.05, 0.1) is 0 Å². The molecule has 1 nitrogen and oxygen atoms in total. The van der Waals surface area contributed by atoms with Crippen molar-refractivity contribution in [1.82, 2.24) is 0 Å². The van der Waals surface area contributed by atoms with E-state index in [0.717, 1.165) is 12.8 Å². The van der Waals surface area contributed by atoms with Crippen LogP contribution in [0.5, 0.6) is 0 Å². The lowest BCUT2D eigenvalue weighted by Gasteiger charge is -1.90. The van der Waals surface area contributed by atoms with Crippen molar-refractivity contribution in [2.24, 2.45) is 0 Å². The number of nitrogens with two attached hydrogens (primary N) is 1. The molecule has 0 aromatic heterocycles. The highest BCUT2D eigenvalue weighted by molar-refractivity contribution is 5.48. The number of hydrogen-bond acceptors (Lipinski definition) is 0. The Kier molecular flexibility index (Phi) is 5.40. The molecule has 0 rings (SSSR count). The summed E-state index contributed by atoms with van der Waals surface area (Å²) in [5, 5.41) is 5.12. The van der Waals surface area contributed by atoms with E-state index in [1.54, 1.807) is 6.21 Å². The highest BCUT2D eigenvalue weighted by atomic mass is 14.3. The Balaban J connectivity index is 2.56. The molecule has 0 bridgehead atoms. The molecule has 0 saturated carbocycles. The highest BCUT2D eigenvalue weighted by Gasteiger charge is 1.78. The molecule has 0 saturated heterocycles. The van der Waals surface area contributed by atoms with Crippen molar-refractivity contribution in [1.29, 1.82) is 0 Å². The maximum atomic E-state index is 5.12. The SMILES string of the molecule is [CH2-]CCCCC=[NH2+]. The lowest BCUT2D eigenvalue weighted by Crippen LogP contribution is -2.29. The van der Waals surface area contributed by atoms with Gasteiger partial charge >= 0.3 is 0 Å². The molecule has 0 heterocycles. The summed E-state index contributed by atoms with van der Waals surface area (Å²) in [5.41, 5.74) is 0. The first kappa shape index (κ1) is 6.67. The Morgan fingerprint density at radius 2 is 2.14 bits per heavy atom. The molecule has 2 N–H and O–H groups in total. The predicted molar refractivity (Wildman–Crippen MR) is 31.8 cm³/mol. The minimum Gasteiger partial charge on any atom is -0.343 e. The number of rotatable bonds is 4. The molecule has 0 aromatic rings. The lowest BCUT2D eigenvalue weighted by molar-refractivity contribution is -0.107. The van der Waals surface area contributed by atoms with Gasteiger partial charge in [-0.25, -0.2) is 0 Å². The fourth-order valence-electron chi connectivity index (χ4n) is 0.439. The first-order valence-corrected chi connectivity index (χ1v) is 2.74. The van der Waals surface area contributed by atoms with E-state index < -0.39 is 0 Å². The van der Waals surface area contributed by atoms with E-state index in [4.69, 9.17) is 5.41 Å². The van der Waals surface area contributed by atoms with Crippen molar-refractivity contribution < 1.29 is 5.41 Å². The molecule has 1 heteroatoms. The molecule has 0 unspecified atom stereocenters. The molecule has 0 spiro atoms. The second-order valence-electron chi connectivity index (χ2n) is 1.59. The zero-order chi connectivity index (χ0) is 5.54. The third-order valence-corrected chi connectivity index (χ3v) is 0.871. The zero-order valence-corrected chi connectivity index (χ0v) is 4.69. The van der Waals surface area contributed by atoms with Crippen LogP contribution < -0.4 is 5.41 Å². The first-order chi connectivity index (χ1) is 3.41. The highest BCUT2D eigenvalue weighted by Crippen LogP contribution is 1.93. The number of hydrogen-bond donors (Lipinski definition) is 1. The van der Waals surface area contributed by atoms with Gasteiger partial charge in [0, 0.05) is 6.42 Å². The average Bonchev–Trinajstić information content (AvgIpc) is 1.69. The maximum absolute atomic E-state index is 5.12. The standard InChI is InChI=1S/C6H12N/c1-2-3-4-5-6-7/h6-7H,1-5H2/q-1/p+1. The van der Waals surface area contributed by atoms with Crippen molar-refractivity contribution in [3.8, 4) is 0 Å². The molecule has 0 amide bonds. The molecule has 0 radical (unpaired) electrons. The van der Waals surface area contributed by atoms with Crippen molar-refractivity contribution in [2.75, 3.05) is 0 Å². The van der Waals surface area contributed by atoms with Crippen LogP contribution in [0.2, 0.25) is 0 Å². The second-order valence-corrected chi connectivity index (χ2v) is 1.59. The minimum absolute atomic E-state index is 1.04. The molecule has 0 aliphatic heterocycles. The fraction of sp³-hybridized carbons (Fsp3) is 0.667. The Labute approximate surface area is 45.2 Å². The van der Waals surface area contributed by atoms with Gasteiger partial charge in [-0.05, 0) is 6.42 Å². The molecule has 0 atom stereocenters. The van der Waals surface area contributed by atoms with Crippen LogP contribution in [-0.2, 0) is 0 Å². The molecular weight excluding hydrogens is 86.1 g/mol. The Morgan fingerprint density at radius 3 is 2.57 bits per heavy atom. The van der Waals surface area contributed by atoms with Gasteiger partial charge in [0.15, 0.2) is 0 Å². The Bertz CT molecular complexity index is 41.4. The van der Waals surface area contributed by atoms with Crippen molar-refractivity contribution in [3.05, 3.63) is 6.92 Å². The normalized spacial score (nSPS) is 8.71. The van der Waals surface area contributed by atoms with E-state index in [9.17, 15) is 0 Å². The average molecular weight is 99.2 g/mol. The van der Waals surface area contributed by atoms with E-state index in [2.05, 4.69) is 6.92 Å². The summed E-state index contributed by atoms with van der Waals surface area (Å²) >= 11 is 0. The quantitative estimate of drug-likeness (QED) is 0.296. The second kappa shape index (κ2) is 5.67. The van der Waals surface area contributed by atoms with Gasteiger partial charge in [-0.15, -0.1) is 0 Å². The third-order valence-electron chi connectivity index (χ3n) is 0.871. The largest absolute Gasteiger partial charge is 0.343 e. The molecule has 42 valence electrons. The van der Waals surface area contributed by atoms with Gasteiger partial charge in [-0.2, -0.15) is 6.42 Å². The van der Waals surface area contributed by atoms with Crippen molar-refractivity contribution in [3.63, 3.8) is 0 Å². The van der Waals surface area contributed by atoms with Crippen LogP contribution in [0, 0.1) is 6.92 Å². The number of unbranched alkanes of at least 4 members (excludes halogenated alkanes) is 3. The van der Waals surface area contributed by atoms with Gasteiger partial charge in [0.1, 0.15) is 6.21 Å². The van der Waals surface area contributed by atoms with E-state index in [1.807, 2.05) is 0 Å². The third kappa shape index (κ3) is 5.67. The van der Waals surface area contributed by atoms with Gasteiger partial charge in [-0.1, -0.05) is 6.42 Å². The van der Waals surface area contributed by atoms with Crippen LogP contribution in [0.15, 0.2) is 0 Å². The van der Waals surface area contributed by atoms with Crippen LogP contribution >= 0.6 is 0 Å². The van der Waals surface area contributed by atoms with Gasteiger partial charge in [0.25, 0.3) is 0 Å². The molecule has 0 aliphatic rings. The molecule has 7 heavy (non-hydrogen) atoms. The van der Waals surface area contributed by atoms with Crippen LogP contribution in [-0.4, -0.2) is 6.21 Å². The smallest absolute Gasteiger partial charge is 0.136 e. The van der Waals surface area contributed by atoms with E-state index in [1.165, 1.54) is 12.8 Å². The van der Waals surface area contributed by atoms with E-state index >= 15 is 0 Å². The molecule has 0 fully saturated rings. The van der Waals surface area contributed by atoms with Crippen LogP contribution in [0.25, 0.3) is 0 Å². The summed E-state index contributed by atoms with van der Waals surface area (Å²) in [6, 6.07) is 0. The molecule has 0 aliphatic carbocycles. The topological polar surface area (TPSA) is 25.6 Å². The van der Waals surface area contributed by atoms with Gasteiger partial charge in [-0.3, -0.25) is 5.41 Å². The van der Waals surface area contributed by atoms with Crippen LogP contribution in [0.1, 0.15) is 25.7 Å². The fourth-order valence-corrected chi connectivity index (χ4v) is 0.439. The van der Waals surface area contributed by atoms with Gasteiger partial charge < -0.3 is 6.92 Å². The summed E-state index contributed by atoms with van der Waals surface area (Å²) in [6.07, 6.45) is 6.17. The van der Waals surface area contributed by atoms with Crippen LogP contribution in [0.3, 0.4) is 0 Å². The summed E-state index contributed by atoms with van der Waals surface area (Å²) in [4.78, 5) is 0. The monoisotopic (exact) mass is 99.1 g/mol. The summed E-state index contributed by atoms with van der Waals surface area (Å²) in [7, 11) is 0. The zero-order valence-electron chi connectivity index (χ0n) is 4.69. The molecular formula is C6H13N. The van der Waals surface area contributed by atoms with Crippen molar-refractivity contribution >= 4 is 6.21 Å².